The van der Waals surface area contributed by atoms with Crippen LogP contribution in [-0.4, -0.2) is 12.1 Å². The van der Waals surface area contributed by atoms with Crippen molar-refractivity contribution in [2.45, 2.75) is 50.6 Å². The quantitative estimate of drug-likeness (QED) is 0.155. The van der Waals surface area contributed by atoms with Crippen LogP contribution in [0.5, 0.6) is 0 Å². The Bertz CT molecular complexity index is 2980. The van der Waals surface area contributed by atoms with Gasteiger partial charge >= 0.3 is 0 Å². The van der Waals surface area contributed by atoms with E-state index in [1.54, 1.807) is 0 Å². The number of allylic oxidation sites excluding steroid dienone is 2. The predicted octanol–water partition coefficient (Wildman–Crippen LogP) is 15.3. The van der Waals surface area contributed by atoms with Crippen LogP contribution in [-0.2, 0) is 0 Å². The van der Waals surface area contributed by atoms with Gasteiger partial charge in [0.25, 0.3) is 0 Å². The van der Waals surface area contributed by atoms with Crippen LogP contribution in [0.3, 0.4) is 0 Å². The van der Waals surface area contributed by atoms with Crippen LogP contribution in [0, 0.1) is 0 Å². The minimum absolute atomic E-state index is 0.376. The van der Waals surface area contributed by atoms with Crippen molar-refractivity contribution in [3.05, 3.63) is 182 Å². The lowest BCUT2D eigenvalue weighted by Crippen LogP contribution is -2.43. The van der Waals surface area contributed by atoms with Crippen molar-refractivity contribution in [2.75, 3.05) is 9.80 Å². The second-order valence-electron chi connectivity index (χ2n) is 15.9. The molecule has 0 bridgehead atoms. The van der Waals surface area contributed by atoms with Crippen molar-refractivity contribution in [3.8, 4) is 22.3 Å². The van der Waals surface area contributed by atoms with Gasteiger partial charge in [0.05, 0.1) is 6.04 Å². The number of rotatable bonds is 8. The molecule has 4 nitrogen and oxygen atoms in total. The highest BCUT2D eigenvalue weighted by Crippen LogP contribution is 2.43. The fourth-order valence-electron chi connectivity index (χ4n) is 9.48. The summed E-state index contributed by atoms with van der Waals surface area (Å²) in [6.07, 6.45) is 16.6. The van der Waals surface area contributed by atoms with Crippen LogP contribution < -0.4 is 9.80 Å². The lowest BCUT2D eigenvalue weighted by Gasteiger charge is -2.41. The highest BCUT2D eigenvalue weighted by Gasteiger charge is 2.27. The second kappa shape index (κ2) is 14.6. The topological polar surface area (TPSA) is 32.8 Å². The number of hydrogen-bond acceptors (Lipinski definition) is 4. The average Bonchev–Trinajstić information content (AvgIpc) is 3.84. The molecule has 1 saturated carbocycles. The number of anilines is 4. The third-order valence-corrected chi connectivity index (χ3v) is 12.3. The zero-order valence-electron chi connectivity index (χ0n) is 32.4. The largest absolute Gasteiger partial charge is 0.456 e. The van der Waals surface area contributed by atoms with Crippen molar-refractivity contribution in [1.82, 2.24) is 0 Å². The van der Waals surface area contributed by atoms with Crippen molar-refractivity contribution in [3.63, 3.8) is 0 Å². The number of benzene rings is 7. The minimum Gasteiger partial charge on any atom is -0.456 e. The first kappa shape index (κ1) is 34.5. The van der Waals surface area contributed by atoms with Gasteiger partial charge < -0.3 is 18.6 Å². The Morgan fingerprint density at radius 1 is 0.414 bits per heavy atom. The Hall–Kier alpha value is -6.78. The number of fused-ring (bicyclic) bond motifs is 6. The number of hydrogen-bond donors (Lipinski definition) is 0. The molecule has 7 aromatic carbocycles. The van der Waals surface area contributed by atoms with Gasteiger partial charge in [-0.05, 0) is 108 Å². The molecular weight excluding hydrogens is 709 g/mol. The highest BCUT2D eigenvalue weighted by atomic mass is 16.3. The molecule has 282 valence electrons. The zero-order chi connectivity index (χ0) is 38.4. The molecule has 0 amide bonds. The van der Waals surface area contributed by atoms with Crippen LogP contribution in [0.4, 0.5) is 22.7 Å². The summed E-state index contributed by atoms with van der Waals surface area (Å²) in [6, 6.07) is 57.8. The number of nitrogens with zero attached hydrogens (tertiary/aromatic N) is 2. The van der Waals surface area contributed by atoms with Gasteiger partial charge in [-0.15, -0.1) is 0 Å². The van der Waals surface area contributed by atoms with Gasteiger partial charge in [0, 0.05) is 56.4 Å². The summed E-state index contributed by atoms with van der Waals surface area (Å²) >= 11 is 0. The first-order valence-corrected chi connectivity index (χ1v) is 20.8. The fourth-order valence-corrected chi connectivity index (χ4v) is 9.48. The van der Waals surface area contributed by atoms with Gasteiger partial charge in [-0.1, -0.05) is 128 Å². The van der Waals surface area contributed by atoms with Gasteiger partial charge in [0.15, 0.2) is 0 Å². The Morgan fingerprint density at radius 2 is 1.03 bits per heavy atom. The fraction of sp³-hybridized carbons (Fsp3) is 0.148. The molecule has 58 heavy (non-hydrogen) atoms. The monoisotopic (exact) mass is 752 g/mol. The Morgan fingerprint density at radius 3 is 1.81 bits per heavy atom. The van der Waals surface area contributed by atoms with Crippen molar-refractivity contribution < 1.29 is 8.83 Å². The molecule has 0 radical (unpaired) electrons. The van der Waals surface area contributed by atoms with E-state index in [1.807, 2.05) is 18.2 Å². The summed E-state index contributed by atoms with van der Waals surface area (Å²) in [4.78, 5) is 5.09. The molecular formula is C54H44N2O2. The molecule has 2 heterocycles. The molecule has 1 unspecified atom stereocenters. The van der Waals surface area contributed by atoms with E-state index in [2.05, 4.69) is 174 Å². The molecule has 1 atom stereocenters. The van der Waals surface area contributed by atoms with Gasteiger partial charge in [-0.3, -0.25) is 0 Å². The molecule has 2 aliphatic carbocycles. The van der Waals surface area contributed by atoms with Gasteiger partial charge in [-0.25, -0.2) is 0 Å². The van der Waals surface area contributed by atoms with Crippen LogP contribution in [0.1, 0.15) is 38.5 Å². The van der Waals surface area contributed by atoms with Gasteiger partial charge in [0.2, 0.25) is 0 Å². The first-order chi connectivity index (χ1) is 28.7. The van der Waals surface area contributed by atoms with E-state index in [4.69, 9.17) is 8.83 Å². The summed E-state index contributed by atoms with van der Waals surface area (Å²) in [5, 5.41) is 4.35. The van der Waals surface area contributed by atoms with Gasteiger partial charge in [-0.2, -0.15) is 0 Å². The Kier molecular flexibility index (Phi) is 8.69. The number of furan rings is 2. The molecule has 2 aliphatic rings. The maximum absolute atomic E-state index is 6.47. The van der Waals surface area contributed by atoms with E-state index < -0.39 is 0 Å². The van der Waals surface area contributed by atoms with Crippen molar-refractivity contribution >= 4 is 66.6 Å². The predicted molar refractivity (Wildman–Crippen MR) is 243 cm³/mol. The summed E-state index contributed by atoms with van der Waals surface area (Å²) in [5.74, 6) is 0. The highest BCUT2D eigenvalue weighted by molar-refractivity contribution is 6.15. The molecule has 0 N–H and O–H groups in total. The third kappa shape index (κ3) is 6.26. The van der Waals surface area contributed by atoms with E-state index >= 15 is 0 Å². The van der Waals surface area contributed by atoms with E-state index in [-0.39, 0.29) is 0 Å². The summed E-state index contributed by atoms with van der Waals surface area (Å²) < 4.78 is 12.7. The summed E-state index contributed by atoms with van der Waals surface area (Å²) in [6.45, 7) is 0. The Balaban J connectivity index is 1.03. The molecule has 1 fully saturated rings. The molecule has 4 heteroatoms. The smallest absolute Gasteiger partial charge is 0.139 e. The maximum atomic E-state index is 6.47. The van der Waals surface area contributed by atoms with E-state index in [0.717, 1.165) is 67.4 Å². The molecule has 2 aromatic heterocycles. The number of para-hydroxylation sites is 1. The van der Waals surface area contributed by atoms with E-state index in [0.29, 0.717) is 12.1 Å². The van der Waals surface area contributed by atoms with Gasteiger partial charge in [0.1, 0.15) is 22.3 Å². The van der Waals surface area contributed by atoms with Crippen molar-refractivity contribution in [2.24, 2.45) is 0 Å². The molecule has 9 aromatic rings. The minimum atomic E-state index is 0.376. The SMILES string of the molecule is C1=CCC(N(c2cccc(-c3cccc(N(c4ccc(-c5ccccc5)cc4)c4ccc5oc6cc7oc8ccccc8c7cc6c5c4)c3)c2)C2CCCCC2)C=C1. The van der Waals surface area contributed by atoms with Crippen LogP contribution in [0.2, 0.25) is 0 Å². The summed E-state index contributed by atoms with van der Waals surface area (Å²) in [7, 11) is 0. The van der Waals surface area contributed by atoms with Crippen LogP contribution >= 0.6 is 0 Å². The van der Waals surface area contributed by atoms with Crippen LogP contribution in [0.15, 0.2) is 191 Å². The first-order valence-electron chi connectivity index (χ1n) is 20.8. The lowest BCUT2D eigenvalue weighted by atomic mass is 9.91. The molecule has 0 aliphatic heterocycles. The average molecular weight is 753 g/mol. The zero-order valence-corrected chi connectivity index (χ0v) is 32.4. The normalized spacial score (nSPS) is 15.8. The van der Waals surface area contributed by atoms with E-state index in [1.165, 1.54) is 60.0 Å². The standard InChI is InChI=1S/C54H44N2O2/c1-4-14-37(15-5-1)38-26-28-43(29-27-38)56(46-30-31-52-48(34-46)50-35-49-47-24-10-11-25-51(47)57-53(49)36-54(50)58-52)45-23-13-17-40(33-45)39-16-12-22-44(32-39)55(41-18-6-2-7-19-41)42-20-8-3-9-21-42/h1-2,4-7,10-18,22-36,41-42H,3,8-9,19-21H2. The molecule has 11 rings (SSSR count). The van der Waals surface area contributed by atoms with Crippen LogP contribution in [0.25, 0.3) is 66.1 Å². The molecule has 0 spiro atoms. The Labute approximate surface area is 338 Å². The third-order valence-electron chi connectivity index (χ3n) is 12.3. The lowest BCUT2D eigenvalue weighted by molar-refractivity contribution is 0.400. The molecule has 0 saturated heterocycles. The summed E-state index contributed by atoms with van der Waals surface area (Å²) in [5.41, 5.74) is 12.8. The maximum Gasteiger partial charge on any atom is 0.139 e. The van der Waals surface area contributed by atoms with Crippen molar-refractivity contribution in [1.29, 1.82) is 0 Å². The van der Waals surface area contributed by atoms with E-state index in [9.17, 15) is 0 Å². The second-order valence-corrected chi connectivity index (χ2v) is 15.9.